The molecule has 1 unspecified atom stereocenters. The van der Waals surface area contributed by atoms with Crippen LogP contribution in [0.2, 0.25) is 12.6 Å². The van der Waals surface area contributed by atoms with Crippen LogP contribution in [0.15, 0.2) is 12.7 Å². The Labute approximate surface area is 63.0 Å². The molecule has 0 N–H and O–H groups in total. The first kappa shape index (κ1) is 9.59. The SMILES string of the molecule is C=CC(=O)[Si](C)(CC)OC. The van der Waals surface area contributed by atoms with Crippen LogP contribution in [0.1, 0.15) is 6.92 Å². The van der Waals surface area contributed by atoms with Crippen molar-refractivity contribution < 1.29 is 9.22 Å². The van der Waals surface area contributed by atoms with E-state index in [-0.39, 0.29) is 5.41 Å². The van der Waals surface area contributed by atoms with Crippen molar-refractivity contribution in [2.24, 2.45) is 0 Å². The lowest BCUT2D eigenvalue weighted by atomic mass is 10.7. The van der Waals surface area contributed by atoms with Crippen LogP contribution in [-0.2, 0) is 9.22 Å². The fourth-order valence-corrected chi connectivity index (χ4v) is 1.91. The Kier molecular flexibility index (Phi) is 3.53. The molecular formula is C7H14O2Si. The molecule has 0 fully saturated rings. The molecule has 0 heterocycles. The second-order valence-corrected chi connectivity index (χ2v) is 6.43. The van der Waals surface area contributed by atoms with Crippen molar-refractivity contribution in [3.8, 4) is 0 Å². The molecule has 0 aromatic rings. The third-order valence-electron chi connectivity index (χ3n) is 1.83. The maximum atomic E-state index is 11.1. The second kappa shape index (κ2) is 3.68. The van der Waals surface area contributed by atoms with Gasteiger partial charge in [-0.25, -0.2) is 0 Å². The van der Waals surface area contributed by atoms with Gasteiger partial charge in [-0.3, -0.25) is 4.79 Å². The molecule has 0 amide bonds. The zero-order valence-electron chi connectivity index (χ0n) is 6.81. The number of hydrogen-bond acceptors (Lipinski definition) is 2. The molecule has 0 aliphatic carbocycles. The minimum absolute atomic E-state index is 0.0810. The summed E-state index contributed by atoms with van der Waals surface area (Å²) in [4.78, 5) is 11.1. The second-order valence-electron chi connectivity index (χ2n) is 2.36. The van der Waals surface area contributed by atoms with Crippen LogP contribution in [0.4, 0.5) is 0 Å². The summed E-state index contributed by atoms with van der Waals surface area (Å²) in [5.74, 6) is 0. The van der Waals surface area contributed by atoms with Gasteiger partial charge in [0.05, 0.1) is 0 Å². The van der Waals surface area contributed by atoms with Crippen LogP contribution < -0.4 is 0 Å². The quantitative estimate of drug-likeness (QED) is 0.458. The van der Waals surface area contributed by atoms with E-state index in [0.29, 0.717) is 0 Å². The largest absolute Gasteiger partial charge is 0.412 e. The smallest absolute Gasteiger partial charge is 0.266 e. The van der Waals surface area contributed by atoms with Crippen LogP contribution in [0, 0.1) is 0 Å². The number of carbonyl (C=O) groups excluding carboxylic acids is 1. The fourth-order valence-electron chi connectivity index (χ4n) is 0.635. The Balaban J connectivity index is 4.31. The molecule has 0 bridgehead atoms. The summed E-state index contributed by atoms with van der Waals surface area (Å²) in [7, 11) is -0.463. The summed E-state index contributed by atoms with van der Waals surface area (Å²) in [6.45, 7) is 7.30. The van der Waals surface area contributed by atoms with E-state index in [1.54, 1.807) is 7.11 Å². The molecule has 58 valence electrons. The van der Waals surface area contributed by atoms with Crippen molar-refractivity contribution in [1.82, 2.24) is 0 Å². The summed E-state index contributed by atoms with van der Waals surface area (Å²) in [6, 6.07) is 0.814. The molecule has 2 nitrogen and oxygen atoms in total. The average molecular weight is 158 g/mol. The van der Waals surface area contributed by atoms with Gasteiger partial charge in [0, 0.05) is 7.11 Å². The highest BCUT2D eigenvalue weighted by molar-refractivity contribution is 7.02. The Morgan fingerprint density at radius 1 is 1.80 bits per heavy atom. The van der Waals surface area contributed by atoms with Crippen molar-refractivity contribution in [3.05, 3.63) is 12.7 Å². The zero-order valence-corrected chi connectivity index (χ0v) is 7.81. The maximum absolute atomic E-state index is 11.1. The van der Waals surface area contributed by atoms with Gasteiger partial charge in [0.25, 0.3) is 8.32 Å². The van der Waals surface area contributed by atoms with E-state index in [2.05, 4.69) is 6.58 Å². The van der Waals surface area contributed by atoms with E-state index >= 15 is 0 Å². The number of carbonyl (C=O) groups is 1. The highest BCUT2D eigenvalue weighted by Gasteiger charge is 2.32. The van der Waals surface area contributed by atoms with Crippen molar-refractivity contribution in [2.75, 3.05) is 7.11 Å². The highest BCUT2D eigenvalue weighted by atomic mass is 28.4. The Bertz CT molecular complexity index is 139. The summed E-state index contributed by atoms with van der Waals surface area (Å²) < 4.78 is 5.16. The first-order chi connectivity index (χ1) is 4.60. The first-order valence-corrected chi connectivity index (χ1v) is 5.94. The van der Waals surface area contributed by atoms with Crippen LogP contribution in [-0.4, -0.2) is 20.8 Å². The molecule has 0 saturated heterocycles. The van der Waals surface area contributed by atoms with Gasteiger partial charge in [0.2, 0.25) is 0 Å². The predicted molar refractivity (Wildman–Crippen MR) is 44.3 cm³/mol. The standard InChI is InChI=1S/C7H14O2Si/c1-5-7(8)10(4,6-2)9-3/h5H,1,6H2,2-4H3. The normalized spacial score (nSPS) is 15.9. The van der Waals surface area contributed by atoms with E-state index < -0.39 is 8.32 Å². The van der Waals surface area contributed by atoms with Gasteiger partial charge in [0.15, 0.2) is 5.41 Å². The minimum atomic E-state index is -2.06. The topological polar surface area (TPSA) is 26.3 Å². The summed E-state index contributed by atoms with van der Waals surface area (Å²) >= 11 is 0. The van der Waals surface area contributed by atoms with E-state index in [1.807, 2.05) is 13.5 Å². The summed E-state index contributed by atoms with van der Waals surface area (Å²) in [5.41, 5.74) is 0. The van der Waals surface area contributed by atoms with Crippen LogP contribution >= 0.6 is 0 Å². The molecule has 3 heteroatoms. The molecule has 0 aromatic heterocycles. The monoisotopic (exact) mass is 158 g/mol. The van der Waals surface area contributed by atoms with E-state index in [9.17, 15) is 4.79 Å². The Morgan fingerprint density at radius 3 is 2.40 bits per heavy atom. The van der Waals surface area contributed by atoms with Gasteiger partial charge < -0.3 is 4.43 Å². The lowest BCUT2D eigenvalue weighted by Crippen LogP contribution is -2.41. The lowest BCUT2D eigenvalue weighted by molar-refractivity contribution is -0.109. The molecule has 0 rings (SSSR count). The Morgan fingerprint density at radius 2 is 2.30 bits per heavy atom. The van der Waals surface area contributed by atoms with E-state index in [0.717, 1.165) is 6.04 Å². The molecule has 0 aliphatic heterocycles. The molecule has 0 aliphatic rings. The van der Waals surface area contributed by atoms with Crippen LogP contribution in [0.25, 0.3) is 0 Å². The lowest BCUT2D eigenvalue weighted by Gasteiger charge is -2.19. The molecule has 0 saturated carbocycles. The van der Waals surface area contributed by atoms with Gasteiger partial charge in [-0.05, 0) is 18.7 Å². The average Bonchev–Trinajstić information content (AvgIpc) is 2.01. The van der Waals surface area contributed by atoms with Gasteiger partial charge in [-0.15, -0.1) is 0 Å². The van der Waals surface area contributed by atoms with Gasteiger partial charge >= 0.3 is 0 Å². The zero-order chi connectivity index (χ0) is 8.20. The number of hydrogen-bond donors (Lipinski definition) is 0. The molecule has 10 heavy (non-hydrogen) atoms. The number of allylic oxidation sites excluding steroid dienone is 1. The third kappa shape index (κ3) is 1.78. The summed E-state index contributed by atoms with van der Waals surface area (Å²) in [5, 5.41) is 0.0810. The van der Waals surface area contributed by atoms with Crippen molar-refractivity contribution in [2.45, 2.75) is 19.5 Å². The molecular weight excluding hydrogens is 144 g/mol. The maximum Gasteiger partial charge on any atom is 0.266 e. The van der Waals surface area contributed by atoms with Crippen molar-refractivity contribution in [3.63, 3.8) is 0 Å². The first-order valence-electron chi connectivity index (χ1n) is 3.32. The number of rotatable bonds is 4. The van der Waals surface area contributed by atoms with Crippen LogP contribution in [0.5, 0.6) is 0 Å². The third-order valence-corrected chi connectivity index (χ3v) is 5.33. The van der Waals surface area contributed by atoms with Gasteiger partial charge in [-0.2, -0.15) is 0 Å². The molecule has 1 atom stereocenters. The van der Waals surface area contributed by atoms with Gasteiger partial charge in [0.1, 0.15) is 0 Å². The minimum Gasteiger partial charge on any atom is -0.412 e. The van der Waals surface area contributed by atoms with Crippen LogP contribution in [0.3, 0.4) is 0 Å². The Hall–Kier alpha value is -0.413. The van der Waals surface area contributed by atoms with Crippen molar-refractivity contribution >= 4 is 13.7 Å². The predicted octanol–water partition coefficient (Wildman–Crippen LogP) is 1.52. The highest BCUT2D eigenvalue weighted by Crippen LogP contribution is 2.10. The molecule has 0 aromatic carbocycles. The van der Waals surface area contributed by atoms with E-state index in [4.69, 9.17) is 4.43 Å². The van der Waals surface area contributed by atoms with Gasteiger partial charge in [-0.1, -0.05) is 13.5 Å². The van der Waals surface area contributed by atoms with E-state index in [1.165, 1.54) is 6.08 Å². The van der Waals surface area contributed by atoms with Crippen molar-refractivity contribution in [1.29, 1.82) is 0 Å². The molecule has 0 spiro atoms. The fraction of sp³-hybridized carbons (Fsp3) is 0.571. The molecule has 0 radical (unpaired) electrons. The summed E-state index contributed by atoms with van der Waals surface area (Å²) in [6.07, 6.45) is 1.36.